The molecular formula is C11H15N3O3. The van der Waals surface area contributed by atoms with Crippen molar-refractivity contribution in [1.82, 2.24) is 10.3 Å². The minimum absolute atomic E-state index is 0.211. The summed E-state index contributed by atoms with van der Waals surface area (Å²) >= 11 is 0. The van der Waals surface area contributed by atoms with Crippen LogP contribution in [0, 0.1) is 5.92 Å². The number of nitrogens with one attached hydrogen (secondary N) is 1. The van der Waals surface area contributed by atoms with Crippen LogP contribution in [-0.4, -0.2) is 42.4 Å². The van der Waals surface area contributed by atoms with Gasteiger partial charge in [0.15, 0.2) is 0 Å². The van der Waals surface area contributed by atoms with E-state index in [-0.39, 0.29) is 18.0 Å². The van der Waals surface area contributed by atoms with Crippen LogP contribution in [0.5, 0.6) is 0 Å². The molecule has 2 aliphatic heterocycles. The molecule has 92 valence electrons. The third-order valence-electron chi connectivity index (χ3n) is 2.91. The first-order valence-corrected chi connectivity index (χ1v) is 5.51. The summed E-state index contributed by atoms with van der Waals surface area (Å²) in [6.07, 6.45) is 1.02. The van der Waals surface area contributed by atoms with Crippen LogP contribution < -0.4 is 5.32 Å². The number of amides is 1. The van der Waals surface area contributed by atoms with Gasteiger partial charge in [-0.1, -0.05) is 0 Å². The third kappa shape index (κ3) is 1.90. The van der Waals surface area contributed by atoms with Crippen molar-refractivity contribution >= 4 is 17.6 Å². The van der Waals surface area contributed by atoms with Gasteiger partial charge in [-0.3, -0.25) is 9.80 Å². The predicted molar refractivity (Wildman–Crippen MR) is 61.0 cm³/mol. The van der Waals surface area contributed by atoms with E-state index in [2.05, 4.69) is 10.4 Å². The monoisotopic (exact) mass is 237 g/mol. The van der Waals surface area contributed by atoms with E-state index in [9.17, 15) is 9.59 Å². The second-order valence-corrected chi connectivity index (χ2v) is 4.07. The quantitative estimate of drug-likeness (QED) is 0.679. The highest BCUT2D eigenvalue weighted by molar-refractivity contribution is 6.07. The lowest BCUT2D eigenvalue weighted by atomic mass is 9.89. The molecular weight excluding hydrogens is 222 g/mol. The van der Waals surface area contributed by atoms with Crippen molar-refractivity contribution in [2.24, 2.45) is 11.0 Å². The molecule has 2 atom stereocenters. The normalized spacial score (nSPS) is 27.0. The third-order valence-corrected chi connectivity index (χ3v) is 2.91. The van der Waals surface area contributed by atoms with Gasteiger partial charge in [0.25, 0.3) is 0 Å². The number of carbonyl (C=O) groups excluding carboxylic acids is 2. The number of ether oxygens (including phenoxy) is 1. The topological polar surface area (TPSA) is 71.0 Å². The highest BCUT2D eigenvalue weighted by Crippen LogP contribution is 2.29. The molecule has 0 bridgehead atoms. The van der Waals surface area contributed by atoms with Crippen LogP contribution >= 0.6 is 0 Å². The van der Waals surface area contributed by atoms with Crippen LogP contribution in [-0.2, 0) is 14.3 Å². The highest BCUT2D eigenvalue weighted by atomic mass is 16.5. The summed E-state index contributed by atoms with van der Waals surface area (Å²) < 4.78 is 4.96. The Hall–Kier alpha value is -1.85. The fourth-order valence-electron chi connectivity index (χ4n) is 2.21. The summed E-state index contributed by atoms with van der Waals surface area (Å²) in [7, 11) is 1.77. The zero-order valence-corrected chi connectivity index (χ0v) is 10.1. The summed E-state index contributed by atoms with van der Waals surface area (Å²) in [6, 6.07) is 0. The smallest absolute Gasteiger partial charge is 0.335 e. The van der Waals surface area contributed by atoms with Crippen LogP contribution in [0.4, 0.5) is 0 Å². The minimum atomic E-state index is -0.442. The van der Waals surface area contributed by atoms with Crippen LogP contribution in [0.2, 0.25) is 0 Å². The van der Waals surface area contributed by atoms with Gasteiger partial charge in [-0.05, 0) is 13.8 Å². The van der Waals surface area contributed by atoms with Crippen molar-refractivity contribution in [2.45, 2.75) is 20.0 Å². The van der Waals surface area contributed by atoms with Crippen molar-refractivity contribution in [1.29, 1.82) is 0 Å². The zero-order valence-electron chi connectivity index (χ0n) is 10.1. The summed E-state index contributed by atoms with van der Waals surface area (Å²) in [4.78, 5) is 23.3. The number of fused-ring (bicyclic) bond motifs is 1. The SMILES string of the molecule is CCOC(=O)C1=CC(=O)NC2C1C(C)=NN2C. The number of carbonyl (C=O) groups is 2. The van der Waals surface area contributed by atoms with E-state index in [1.54, 1.807) is 19.0 Å². The average molecular weight is 237 g/mol. The fraction of sp³-hybridized carbons (Fsp3) is 0.545. The maximum absolute atomic E-state index is 11.8. The van der Waals surface area contributed by atoms with Gasteiger partial charge in [-0.25, -0.2) is 4.79 Å². The lowest BCUT2D eigenvalue weighted by Crippen LogP contribution is -2.51. The molecule has 0 spiro atoms. The van der Waals surface area contributed by atoms with Crippen LogP contribution in [0.25, 0.3) is 0 Å². The number of nitrogens with zero attached hydrogens (tertiary/aromatic N) is 2. The fourth-order valence-corrected chi connectivity index (χ4v) is 2.21. The summed E-state index contributed by atoms with van der Waals surface area (Å²) in [5.74, 6) is -0.940. The Morgan fingerprint density at radius 3 is 3.00 bits per heavy atom. The Morgan fingerprint density at radius 2 is 2.35 bits per heavy atom. The molecule has 0 aromatic carbocycles. The maximum atomic E-state index is 11.8. The maximum Gasteiger partial charge on any atom is 0.335 e. The van der Waals surface area contributed by atoms with Gasteiger partial charge in [0.05, 0.1) is 18.1 Å². The Labute approximate surface area is 99.3 Å². The van der Waals surface area contributed by atoms with Gasteiger partial charge in [0.1, 0.15) is 6.17 Å². The lowest BCUT2D eigenvalue weighted by Gasteiger charge is -2.29. The Morgan fingerprint density at radius 1 is 1.65 bits per heavy atom. The first-order valence-electron chi connectivity index (χ1n) is 5.51. The molecule has 1 amide bonds. The Bertz CT molecular complexity index is 428. The molecule has 2 heterocycles. The van der Waals surface area contributed by atoms with Crippen LogP contribution in [0.3, 0.4) is 0 Å². The number of esters is 1. The zero-order chi connectivity index (χ0) is 12.6. The molecule has 2 unspecified atom stereocenters. The number of hydrogen-bond donors (Lipinski definition) is 1. The first kappa shape index (κ1) is 11.6. The molecule has 6 heteroatoms. The molecule has 0 aliphatic carbocycles. The number of hydrazone groups is 1. The molecule has 0 saturated heterocycles. The average Bonchev–Trinajstić information content (AvgIpc) is 2.54. The molecule has 0 fully saturated rings. The van der Waals surface area contributed by atoms with Crippen molar-refractivity contribution < 1.29 is 14.3 Å². The van der Waals surface area contributed by atoms with Crippen molar-refractivity contribution in [3.8, 4) is 0 Å². The molecule has 0 radical (unpaired) electrons. The first-order chi connectivity index (χ1) is 8.04. The predicted octanol–water partition coefficient (Wildman–Crippen LogP) is -0.131. The summed E-state index contributed by atoms with van der Waals surface area (Å²) in [6.45, 7) is 3.87. The van der Waals surface area contributed by atoms with Crippen LogP contribution in [0.15, 0.2) is 16.8 Å². The molecule has 0 aromatic rings. The molecule has 6 nitrogen and oxygen atoms in total. The van der Waals surface area contributed by atoms with Gasteiger partial charge in [-0.2, -0.15) is 5.10 Å². The summed E-state index contributed by atoms with van der Waals surface area (Å²) in [5, 5.41) is 8.68. The largest absolute Gasteiger partial charge is 0.463 e. The van der Waals surface area contributed by atoms with E-state index >= 15 is 0 Å². The minimum Gasteiger partial charge on any atom is -0.463 e. The standard InChI is InChI=1S/C11H15N3O3/c1-4-17-11(16)7-5-8(15)12-10-9(7)6(2)13-14(10)3/h5,9-10H,4H2,1-3H3,(H,12,15). The molecule has 2 aliphatic rings. The molecule has 17 heavy (non-hydrogen) atoms. The molecule has 2 rings (SSSR count). The Balaban J connectivity index is 2.33. The van der Waals surface area contributed by atoms with E-state index < -0.39 is 5.97 Å². The van der Waals surface area contributed by atoms with Crippen molar-refractivity contribution in [2.75, 3.05) is 13.7 Å². The Kier molecular flexibility index (Phi) is 2.87. The van der Waals surface area contributed by atoms with Crippen molar-refractivity contribution in [3.63, 3.8) is 0 Å². The van der Waals surface area contributed by atoms with Crippen molar-refractivity contribution in [3.05, 3.63) is 11.6 Å². The van der Waals surface area contributed by atoms with E-state index in [1.165, 1.54) is 6.08 Å². The summed E-state index contributed by atoms with van der Waals surface area (Å²) in [5.41, 5.74) is 1.18. The lowest BCUT2D eigenvalue weighted by molar-refractivity contribution is -0.140. The number of rotatable bonds is 2. The van der Waals surface area contributed by atoms with E-state index in [0.29, 0.717) is 12.2 Å². The molecule has 0 aromatic heterocycles. The van der Waals surface area contributed by atoms with Gasteiger partial charge in [0, 0.05) is 18.8 Å². The molecule has 0 saturated carbocycles. The number of hydrogen-bond acceptors (Lipinski definition) is 5. The van der Waals surface area contributed by atoms with Gasteiger partial charge < -0.3 is 10.1 Å². The van der Waals surface area contributed by atoms with Gasteiger partial charge in [0.2, 0.25) is 5.91 Å². The van der Waals surface area contributed by atoms with E-state index in [1.807, 2.05) is 6.92 Å². The second-order valence-electron chi connectivity index (χ2n) is 4.07. The van der Waals surface area contributed by atoms with Crippen LogP contribution in [0.1, 0.15) is 13.8 Å². The van der Waals surface area contributed by atoms with Gasteiger partial charge >= 0.3 is 5.97 Å². The van der Waals surface area contributed by atoms with E-state index in [0.717, 1.165) is 5.71 Å². The second kappa shape index (κ2) is 4.20. The van der Waals surface area contributed by atoms with Gasteiger partial charge in [-0.15, -0.1) is 0 Å². The highest BCUT2D eigenvalue weighted by Gasteiger charge is 2.42. The van der Waals surface area contributed by atoms with E-state index in [4.69, 9.17) is 4.74 Å². The molecule has 1 N–H and O–H groups in total.